The van der Waals surface area contributed by atoms with Crippen molar-refractivity contribution >= 4 is 5.91 Å². The average molecular weight is 185 g/mol. The van der Waals surface area contributed by atoms with Crippen LogP contribution in [0.15, 0.2) is 0 Å². The van der Waals surface area contributed by atoms with Gasteiger partial charge < -0.3 is 4.90 Å². The summed E-state index contributed by atoms with van der Waals surface area (Å²) >= 11 is 0. The van der Waals surface area contributed by atoms with E-state index < -0.39 is 0 Å². The monoisotopic (exact) mass is 185 g/mol. The van der Waals surface area contributed by atoms with Crippen molar-refractivity contribution in [2.45, 2.75) is 41.0 Å². The van der Waals surface area contributed by atoms with Crippen LogP contribution in [0.25, 0.3) is 0 Å². The number of nitrogens with zero attached hydrogens (tertiary/aromatic N) is 1. The Hall–Kier alpha value is -0.530. The molecule has 0 aliphatic carbocycles. The molecule has 0 aromatic heterocycles. The Morgan fingerprint density at radius 2 is 1.77 bits per heavy atom. The number of carbonyl (C=O) groups is 1. The van der Waals surface area contributed by atoms with E-state index in [1.807, 2.05) is 18.7 Å². The number of rotatable bonds is 0. The van der Waals surface area contributed by atoms with Crippen molar-refractivity contribution in [1.29, 1.82) is 0 Å². The lowest BCUT2D eigenvalue weighted by Gasteiger charge is -2.34. The molecule has 1 aliphatic heterocycles. The number of likely N-dealkylation sites (tertiary alicyclic amines) is 1. The molecule has 0 spiro atoms. The standard InChI is InChI=1S/C9H17NO.C2H6/c1-7-4-5-10(9(3)11)6-8(7)2;1-2/h7-8H,4-6H2,1-3H3;1-2H3. The van der Waals surface area contributed by atoms with Gasteiger partial charge in [-0.3, -0.25) is 4.79 Å². The van der Waals surface area contributed by atoms with Crippen LogP contribution in [0.3, 0.4) is 0 Å². The van der Waals surface area contributed by atoms with Gasteiger partial charge >= 0.3 is 0 Å². The Kier molecular flexibility index (Phi) is 5.76. The zero-order valence-corrected chi connectivity index (χ0v) is 9.63. The minimum Gasteiger partial charge on any atom is -0.343 e. The lowest BCUT2D eigenvalue weighted by Crippen LogP contribution is -2.40. The molecule has 0 radical (unpaired) electrons. The topological polar surface area (TPSA) is 20.3 Å². The third-order valence-electron chi connectivity index (χ3n) is 2.78. The Morgan fingerprint density at radius 1 is 1.23 bits per heavy atom. The summed E-state index contributed by atoms with van der Waals surface area (Å²) in [5.41, 5.74) is 0. The van der Waals surface area contributed by atoms with Gasteiger partial charge in [-0.1, -0.05) is 27.7 Å². The van der Waals surface area contributed by atoms with Crippen LogP contribution in [-0.2, 0) is 4.79 Å². The van der Waals surface area contributed by atoms with Crippen LogP contribution in [-0.4, -0.2) is 23.9 Å². The van der Waals surface area contributed by atoms with Crippen molar-refractivity contribution in [2.75, 3.05) is 13.1 Å². The highest BCUT2D eigenvalue weighted by molar-refractivity contribution is 5.73. The molecule has 2 nitrogen and oxygen atoms in total. The maximum atomic E-state index is 11.0. The highest BCUT2D eigenvalue weighted by Crippen LogP contribution is 2.21. The van der Waals surface area contributed by atoms with E-state index in [0.717, 1.165) is 19.0 Å². The zero-order valence-electron chi connectivity index (χ0n) is 9.63. The maximum Gasteiger partial charge on any atom is 0.219 e. The van der Waals surface area contributed by atoms with Crippen molar-refractivity contribution in [3.8, 4) is 0 Å². The predicted molar refractivity (Wildman–Crippen MR) is 56.5 cm³/mol. The van der Waals surface area contributed by atoms with Crippen molar-refractivity contribution in [3.05, 3.63) is 0 Å². The van der Waals surface area contributed by atoms with Gasteiger partial charge in [-0.2, -0.15) is 0 Å². The molecule has 2 heteroatoms. The summed E-state index contributed by atoms with van der Waals surface area (Å²) in [5.74, 6) is 1.68. The van der Waals surface area contributed by atoms with E-state index in [0.29, 0.717) is 5.92 Å². The lowest BCUT2D eigenvalue weighted by atomic mass is 9.89. The van der Waals surface area contributed by atoms with Gasteiger partial charge in [0.25, 0.3) is 0 Å². The summed E-state index contributed by atoms with van der Waals surface area (Å²) in [7, 11) is 0. The molecule has 1 saturated heterocycles. The smallest absolute Gasteiger partial charge is 0.219 e. The minimum absolute atomic E-state index is 0.226. The largest absolute Gasteiger partial charge is 0.343 e. The van der Waals surface area contributed by atoms with Crippen LogP contribution in [0.2, 0.25) is 0 Å². The molecule has 78 valence electrons. The van der Waals surface area contributed by atoms with Gasteiger partial charge in [0.1, 0.15) is 0 Å². The first kappa shape index (κ1) is 12.5. The zero-order chi connectivity index (χ0) is 10.4. The summed E-state index contributed by atoms with van der Waals surface area (Å²) in [4.78, 5) is 12.9. The van der Waals surface area contributed by atoms with Crippen molar-refractivity contribution in [2.24, 2.45) is 11.8 Å². The van der Waals surface area contributed by atoms with Crippen LogP contribution < -0.4 is 0 Å². The first-order valence-corrected chi connectivity index (χ1v) is 5.36. The van der Waals surface area contributed by atoms with Crippen LogP contribution in [0, 0.1) is 11.8 Å². The fraction of sp³-hybridized carbons (Fsp3) is 0.909. The van der Waals surface area contributed by atoms with Crippen LogP contribution in [0.1, 0.15) is 41.0 Å². The third-order valence-corrected chi connectivity index (χ3v) is 2.78. The van der Waals surface area contributed by atoms with E-state index in [9.17, 15) is 4.79 Å². The molecular formula is C11H23NO. The molecule has 1 rings (SSSR count). The van der Waals surface area contributed by atoms with Gasteiger partial charge in [0.15, 0.2) is 0 Å². The lowest BCUT2D eigenvalue weighted by molar-refractivity contribution is -0.131. The molecule has 2 unspecified atom stereocenters. The van der Waals surface area contributed by atoms with Crippen molar-refractivity contribution in [1.82, 2.24) is 4.90 Å². The highest BCUT2D eigenvalue weighted by Gasteiger charge is 2.23. The number of hydrogen-bond acceptors (Lipinski definition) is 1. The van der Waals surface area contributed by atoms with Crippen molar-refractivity contribution < 1.29 is 4.79 Å². The quantitative estimate of drug-likeness (QED) is 0.568. The second-order valence-electron chi connectivity index (χ2n) is 3.71. The molecule has 1 heterocycles. The molecule has 13 heavy (non-hydrogen) atoms. The maximum absolute atomic E-state index is 11.0. The van der Waals surface area contributed by atoms with E-state index in [1.165, 1.54) is 6.42 Å². The Morgan fingerprint density at radius 3 is 2.15 bits per heavy atom. The summed E-state index contributed by atoms with van der Waals surface area (Å²) < 4.78 is 0. The van der Waals surface area contributed by atoms with E-state index in [-0.39, 0.29) is 5.91 Å². The molecule has 1 amide bonds. The average Bonchev–Trinajstić information content (AvgIpc) is 2.13. The van der Waals surface area contributed by atoms with E-state index in [1.54, 1.807) is 6.92 Å². The Labute approximate surface area is 82.3 Å². The minimum atomic E-state index is 0.226. The van der Waals surface area contributed by atoms with E-state index in [4.69, 9.17) is 0 Å². The number of amides is 1. The van der Waals surface area contributed by atoms with Crippen LogP contribution in [0.5, 0.6) is 0 Å². The van der Waals surface area contributed by atoms with Gasteiger partial charge in [0, 0.05) is 20.0 Å². The summed E-state index contributed by atoms with van der Waals surface area (Å²) in [6.45, 7) is 12.1. The molecule has 1 aliphatic rings. The first-order chi connectivity index (χ1) is 6.11. The number of carbonyl (C=O) groups excluding carboxylic acids is 1. The van der Waals surface area contributed by atoms with E-state index in [2.05, 4.69) is 13.8 Å². The van der Waals surface area contributed by atoms with Crippen molar-refractivity contribution in [3.63, 3.8) is 0 Å². The predicted octanol–water partition coefficient (Wildman–Crippen LogP) is 2.54. The Bertz CT molecular complexity index is 156. The molecule has 1 fully saturated rings. The molecule has 0 aromatic carbocycles. The SMILES string of the molecule is CC.CC(=O)N1CCC(C)C(C)C1. The fourth-order valence-electron chi connectivity index (χ4n) is 1.55. The molecule has 2 atom stereocenters. The van der Waals surface area contributed by atoms with Crippen LogP contribution in [0.4, 0.5) is 0 Å². The number of hydrogen-bond donors (Lipinski definition) is 0. The third kappa shape index (κ3) is 3.79. The normalized spacial score (nSPS) is 27.6. The van der Waals surface area contributed by atoms with Crippen LogP contribution >= 0.6 is 0 Å². The summed E-state index contributed by atoms with van der Waals surface area (Å²) in [5, 5.41) is 0. The van der Waals surface area contributed by atoms with Gasteiger partial charge in [0.05, 0.1) is 0 Å². The molecular weight excluding hydrogens is 162 g/mol. The summed E-state index contributed by atoms with van der Waals surface area (Å²) in [6, 6.07) is 0. The van der Waals surface area contributed by atoms with Gasteiger partial charge in [0.2, 0.25) is 5.91 Å². The molecule has 0 saturated carbocycles. The second kappa shape index (κ2) is 6.01. The molecule has 0 N–H and O–H groups in total. The Balaban J connectivity index is 0.000000671. The first-order valence-electron chi connectivity index (χ1n) is 5.36. The van der Waals surface area contributed by atoms with Gasteiger partial charge in [-0.05, 0) is 18.3 Å². The van der Waals surface area contributed by atoms with E-state index >= 15 is 0 Å². The highest BCUT2D eigenvalue weighted by atomic mass is 16.2. The molecule has 0 bridgehead atoms. The molecule has 0 aromatic rings. The number of piperidine rings is 1. The summed E-state index contributed by atoms with van der Waals surface area (Å²) in [6.07, 6.45) is 1.17. The van der Waals surface area contributed by atoms with Gasteiger partial charge in [-0.15, -0.1) is 0 Å². The second-order valence-corrected chi connectivity index (χ2v) is 3.71. The fourth-order valence-corrected chi connectivity index (χ4v) is 1.55. The van der Waals surface area contributed by atoms with Gasteiger partial charge in [-0.25, -0.2) is 0 Å².